The van der Waals surface area contributed by atoms with E-state index in [4.69, 9.17) is 9.84 Å². The number of benzene rings is 1. The number of hydrogen-bond donors (Lipinski definition) is 1. The summed E-state index contributed by atoms with van der Waals surface area (Å²) in [6.07, 6.45) is 0.803. The van der Waals surface area contributed by atoms with Crippen molar-refractivity contribution in [1.82, 2.24) is 0 Å². The Kier molecular flexibility index (Phi) is 2.00. The molecule has 1 N–H and O–H groups in total. The van der Waals surface area contributed by atoms with Gasteiger partial charge in [0.05, 0.1) is 6.61 Å². The predicted octanol–water partition coefficient (Wildman–Crippen LogP) is 1.54. The van der Waals surface area contributed by atoms with E-state index < -0.39 is 0 Å². The molecule has 1 aliphatic heterocycles. The molecule has 12 heavy (non-hydrogen) atoms. The summed E-state index contributed by atoms with van der Waals surface area (Å²) >= 11 is 0. The molecule has 2 nitrogen and oxygen atoms in total. The molecule has 2 heteroatoms. The Balaban J connectivity index is 2.24. The Morgan fingerprint density at radius 1 is 1.42 bits per heavy atom. The van der Waals surface area contributed by atoms with Crippen LogP contribution in [0.25, 0.3) is 0 Å². The molecule has 1 unspecified atom stereocenters. The molecule has 0 fully saturated rings. The topological polar surface area (TPSA) is 29.5 Å². The molecule has 0 amide bonds. The molecule has 0 spiro atoms. The summed E-state index contributed by atoms with van der Waals surface area (Å²) in [7, 11) is 0. The van der Waals surface area contributed by atoms with Crippen molar-refractivity contribution in [3.63, 3.8) is 0 Å². The highest BCUT2D eigenvalue weighted by molar-refractivity contribution is 5.39. The van der Waals surface area contributed by atoms with Gasteiger partial charge in [0.2, 0.25) is 0 Å². The van der Waals surface area contributed by atoms with Crippen molar-refractivity contribution in [2.24, 2.45) is 0 Å². The standard InChI is InChI=1S/C10H12O2/c11-6-5-8-7-12-10-4-2-1-3-9(8)10/h1-4,8,11H,5-7H2. The molecule has 1 aromatic rings. The van der Waals surface area contributed by atoms with Crippen molar-refractivity contribution < 1.29 is 9.84 Å². The van der Waals surface area contributed by atoms with E-state index in [1.807, 2.05) is 18.2 Å². The summed E-state index contributed by atoms with van der Waals surface area (Å²) < 4.78 is 5.45. The summed E-state index contributed by atoms with van der Waals surface area (Å²) in [6, 6.07) is 8.04. The molecule has 0 aliphatic carbocycles. The van der Waals surface area contributed by atoms with E-state index in [1.165, 1.54) is 5.56 Å². The molecule has 2 rings (SSSR count). The van der Waals surface area contributed by atoms with Crippen LogP contribution in [0.3, 0.4) is 0 Å². The van der Waals surface area contributed by atoms with E-state index >= 15 is 0 Å². The second-order valence-corrected chi connectivity index (χ2v) is 3.06. The van der Waals surface area contributed by atoms with Crippen LogP contribution >= 0.6 is 0 Å². The minimum atomic E-state index is 0.238. The zero-order valence-corrected chi connectivity index (χ0v) is 6.86. The summed E-state index contributed by atoms with van der Waals surface area (Å²) in [5.41, 5.74) is 1.24. The number of fused-ring (bicyclic) bond motifs is 1. The van der Waals surface area contributed by atoms with E-state index in [-0.39, 0.29) is 6.61 Å². The molecule has 1 atom stereocenters. The van der Waals surface area contributed by atoms with Crippen LogP contribution in [0.4, 0.5) is 0 Å². The van der Waals surface area contributed by atoms with E-state index in [1.54, 1.807) is 0 Å². The fraction of sp³-hybridized carbons (Fsp3) is 0.400. The lowest BCUT2D eigenvalue weighted by Crippen LogP contribution is -2.02. The zero-order valence-electron chi connectivity index (χ0n) is 6.86. The van der Waals surface area contributed by atoms with Gasteiger partial charge in [-0.25, -0.2) is 0 Å². The minimum Gasteiger partial charge on any atom is -0.493 e. The molecule has 1 heterocycles. The molecule has 1 aromatic carbocycles. The second-order valence-electron chi connectivity index (χ2n) is 3.06. The highest BCUT2D eigenvalue weighted by atomic mass is 16.5. The first-order chi connectivity index (χ1) is 5.92. The quantitative estimate of drug-likeness (QED) is 0.718. The van der Waals surface area contributed by atoms with Crippen molar-refractivity contribution >= 4 is 0 Å². The van der Waals surface area contributed by atoms with Gasteiger partial charge in [-0.05, 0) is 12.5 Å². The monoisotopic (exact) mass is 164 g/mol. The Hall–Kier alpha value is -1.02. The van der Waals surface area contributed by atoms with Crippen molar-refractivity contribution in [3.05, 3.63) is 29.8 Å². The van der Waals surface area contributed by atoms with Gasteiger partial charge in [0.15, 0.2) is 0 Å². The number of hydrogen-bond acceptors (Lipinski definition) is 2. The van der Waals surface area contributed by atoms with Crippen molar-refractivity contribution in [3.8, 4) is 5.75 Å². The van der Waals surface area contributed by atoms with Crippen LogP contribution in [-0.2, 0) is 0 Å². The Labute approximate surface area is 71.8 Å². The maximum Gasteiger partial charge on any atom is 0.122 e. The summed E-state index contributed by atoms with van der Waals surface area (Å²) in [4.78, 5) is 0. The summed E-state index contributed by atoms with van der Waals surface area (Å²) in [5, 5.41) is 8.80. The number of aliphatic hydroxyl groups excluding tert-OH is 1. The lowest BCUT2D eigenvalue weighted by molar-refractivity contribution is 0.254. The predicted molar refractivity (Wildman–Crippen MR) is 46.4 cm³/mol. The number of aliphatic hydroxyl groups is 1. The second kappa shape index (κ2) is 3.15. The molecular formula is C10H12O2. The third-order valence-corrected chi connectivity index (χ3v) is 2.28. The van der Waals surface area contributed by atoms with Gasteiger partial charge in [0, 0.05) is 18.1 Å². The molecule has 0 saturated carbocycles. The molecule has 0 bridgehead atoms. The normalized spacial score (nSPS) is 20.2. The maximum absolute atomic E-state index is 8.80. The maximum atomic E-state index is 8.80. The zero-order chi connectivity index (χ0) is 8.39. The van der Waals surface area contributed by atoms with E-state index in [9.17, 15) is 0 Å². The molecule has 0 saturated heterocycles. The highest BCUT2D eigenvalue weighted by Gasteiger charge is 2.22. The fourth-order valence-electron chi connectivity index (χ4n) is 1.62. The van der Waals surface area contributed by atoms with Crippen molar-refractivity contribution in [2.75, 3.05) is 13.2 Å². The largest absolute Gasteiger partial charge is 0.493 e. The van der Waals surface area contributed by atoms with Gasteiger partial charge in [0.25, 0.3) is 0 Å². The van der Waals surface area contributed by atoms with Gasteiger partial charge in [-0.2, -0.15) is 0 Å². The first-order valence-corrected chi connectivity index (χ1v) is 4.24. The molecule has 1 aliphatic rings. The van der Waals surface area contributed by atoms with E-state index in [2.05, 4.69) is 6.07 Å². The third kappa shape index (κ3) is 1.18. The third-order valence-electron chi connectivity index (χ3n) is 2.28. The van der Waals surface area contributed by atoms with Crippen LogP contribution < -0.4 is 4.74 Å². The van der Waals surface area contributed by atoms with Crippen molar-refractivity contribution in [2.45, 2.75) is 12.3 Å². The summed E-state index contributed by atoms with van der Waals surface area (Å²) in [5.74, 6) is 1.38. The number of rotatable bonds is 2. The fourth-order valence-corrected chi connectivity index (χ4v) is 1.62. The van der Waals surface area contributed by atoms with Crippen LogP contribution in [0.15, 0.2) is 24.3 Å². The molecule has 0 aromatic heterocycles. The molecular weight excluding hydrogens is 152 g/mol. The molecule has 0 radical (unpaired) electrons. The van der Waals surface area contributed by atoms with Gasteiger partial charge in [-0.1, -0.05) is 18.2 Å². The van der Waals surface area contributed by atoms with Gasteiger partial charge >= 0.3 is 0 Å². The van der Waals surface area contributed by atoms with Gasteiger partial charge in [-0.15, -0.1) is 0 Å². The lowest BCUT2D eigenvalue weighted by Gasteiger charge is -2.04. The van der Waals surface area contributed by atoms with Crippen LogP contribution in [0.1, 0.15) is 17.9 Å². The van der Waals surface area contributed by atoms with Gasteiger partial charge in [-0.3, -0.25) is 0 Å². The SMILES string of the molecule is OCCC1COc2ccccc21. The highest BCUT2D eigenvalue weighted by Crippen LogP contribution is 2.34. The molecule has 64 valence electrons. The first kappa shape index (κ1) is 7.62. The number of ether oxygens (including phenoxy) is 1. The van der Waals surface area contributed by atoms with E-state index in [0.29, 0.717) is 5.92 Å². The van der Waals surface area contributed by atoms with Crippen LogP contribution in [0, 0.1) is 0 Å². The van der Waals surface area contributed by atoms with E-state index in [0.717, 1.165) is 18.8 Å². The Morgan fingerprint density at radius 3 is 3.08 bits per heavy atom. The Morgan fingerprint density at radius 2 is 2.25 bits per heavy atom. The van der Waals surface area contributed by atoms with Gasteiger partial charge < -0.3 is 9.84 Å². The van der Waals surface area contributed by atoms with Crippen LogP contribution in [0.5, 0.6) is 5.75 Å². The smallest absolute Gasteiger partial charge is 0.122 e. The van der Waals surface area contributed by atoms with Crippen LogP contribution in [-0.4, -0.2) is 18.3 Å². The van der Waals surface area contributed by atoms with Crippen LogP contribution in [0.2, 0.25) is 0 Å². The first-order valence-electron chi connectivity index (χ1n) is 4.24. The Bertz CT molecular complexity index is 268. The lowest BCUT2D eigenvalue weighted by atomic mass is 9.99. The number of para-hydroxylation sites is 1. The average Bonchev–Trinajstić information content (AvgIpc) is 2.50. The minimum absolute atomic E-state index is 0.238. The van der Waals surface area contributed by atoms with Gasteiger partial charge in [0.1, 0.15) is 5.75 Å². The summed E-state index contributed by atoms with van der Waals surface area (Å²) in [6.45, 7) is 0.961. The van der Waals surface area contributed by atoms with Crippen molar-refractivity contribution in [1.29, 1.82) is 0 Å². The average molecular weight is 164 g/mol.